The molecule has 0 amide bonds. The quantitative estimate of drug-likeness (QED) is 0.634. The number of aromatic amines is 2. The Hall–Kier alpha value is -1.07. The highest BCUT2D eigenvalue weighted by Crippen LogP contribution is 2.06. The Morgan fingerprint density at radius 3 is 2.92 bits per heavy atom. The van der Waals surface area contributed by atoms with Gasteiger partial charge in [0.25, 0.3) is 0 Å². The molecule has 3 nitrogen and oxygen atoms in total. The molecule has 2 aromatic heterocycles. The topological polar surface area (TPSA) is 44.5 Å². The van der Waals surface area contributed by atoms with Crippen LogP contribution in [-0.4, -0.2) is 15.0 Å². The average molecular weight is 195 g/mol. The van der Waals surface area contributed by atoms with E-state index in [1.54, 1.807) is 6.20 Å². The van der Waals surface area contributed by atoms with Crippen molar-refractivity contribution in [1.29, 1.82) is 0 Å². The van der Waals surface area contributed by atoms with Gasteiger partial charge in [0, 0.05) is 6.20 Å². The van der Waals surface area contributed by atoms with Crippen LogP contribution in [-0.2, 0) is 0 Å². The van der Waals surface area contributed by atoms with E-state index in [4.69, 9.17) is 24.4 Å². The maximum absolute atomic E-state index is 5.06. The molecule has 0 aliphatic heterocycles. The summed E-state index contributed by atoms with van der Waals surface area (Å²) in [6.07, 6.45) is 1.70. The molecule has 60 valence electrons. The lowest BCUT2D eigenvalue weighted by atomic mass is 10.3. The molecule has 0 atom stereocenters. The standard InChI is InChI=1S/C7H5N3S2/c11-6-4-2-1-3-8-5(4)9-7(12)10-6/h1-3H,(H2,8,9,10,11,12). The number of H-pyrrole nitrogens is 2. The van der Waals surface area contributed by atoms with Crippen molar-refractivity contribution in [2.45, 2.75) is 0 Å². The summed E-state index contributed by atoms with van der Waals surface area (Å²) >= 11 is 9.97. The first-order valence-electron chi connectivity index (χ1n) is 3.35. The fourth-order valence-electron chi connectivity index (χ4n) is 0.997. The minimum absolute atomic E-state index is 0.506. The first-order valence-corrected chi connectivity index (χ1v) is 4.16. The number of hydrogen-bond donors (Lipinski definition) is 2. The minimum Gasteiger partial charge on any atom is -0.323 e. The van der Waals surface area contributed by atoms with E-state index in [0.29, 0.717) is 9.41 Å². The van der Waals surface area contributed by atoms with Crippen molar-refractivity contribution >= 4 is 35.5 Å². The molecule has 0 aliphatic rings. The minimum atomic E-state index is 0.506. The van der Waals surface area contributed by atoms with Crippen LogP contribution in [0.25, 0.3) is 11.0 Å². The Morgan fingerprint density at radius 1 is 1.25 bits per heavy atom. The van der Waals surface area contributed by atoms with E-state index >= 15 is 0 Å². The molecule has 0 saturated carbocycles. The van der Waals surface area contributed by atoms with Crippen molar-refractivity contribution < 1.29 is 0 Å². The van der Waals surface area contributed by atoms with E-state index < -0.39 is 0 Å². The van der Waals surface area contributed by atoms with Gasteiger partial charge >= 0.3 is 0 Å². The van der Waals surface area contributed by atoms with Crippen LogP contribution in [0.2, 0.25) is 0 Å². The van der Waals surface area contributed by atoms with Gasteiger partial charge in [-0.1, -0.05) is 12.2 Å². The van der Waals surface area contributed by atoms with E-state index in [2.05, 4.69) is 15.0 Å². The number of pyridine rings is 1. The number of nitrogens with one attached hydrogen (secondary N) is 2. The van der Waals surface area contributed by atoms with Gasteiger partial charge in [0.2, 0.25) is 0 Å². The SMILES string of the molecule is S=c1[nH]c(=S)c2cccnc2[nH]1. The third-order valence-corrected chi connectivity index (χ3v) is 2.04. The molecule has 5 heteroatoms. The molecular formula is C7H5N3S2. The number of fused-ring (bicyclic) bond motifs is 1. The maximum Gasteiger partial charge on any atom is 0.177 e. The molecule has 0 aromatic carbocycles. The highest BCUT2D eigenvalue weighted by atomic mass is 32.1. The number of aromatic nitrogens is 3. The van der Waals surface area contributed by atoms with Gasteiger partial charge in [-0.25, -0.2) is 4.98 Å². The highest BCUT2D eigenvalue weighted by Gasteiger charge is 1.93. The summed E-state index contributed by atoms with van der Waals surface area (Å²) < 4.78 is 1.13. The second-order valence-electron chi connectivity index (χ2n) is 2.31. The Morgan fingerprint density at radius 2 is 2.08 bits per heavy atom. The van der Waals surface area contributed by atoms with Crippen molar-refractivity contribution in [1.82, 2.24) is 15.0 Å². The van der Waals surface area contributed by atoms with Crippen LogP contribution in [0.1, 0.15) is 0 Å². The van der Waals surface area contributed by atoms with Gasteiger partial charge in [0.15, 0.2) is 4.77 Å². The Bertz CT molecular complexity index is 526. The Kier molecular flexibility index (Phi) is 1.74. The van der Waals surface area contributed by atoms with Crippen LogP contribution < -0.4 is 0 Å². The summed E-state index contributed by atoms with van der Waals surface area (Å²) in [5, 5.41) is 0.890. The fraction of sp³-hybridized carbons (Fsp3) is 0. The molecule has 0 radical (unpaired) electrons. The number of nitrogens with zero attached hydrogens (tertiary/aromatic N) is 1. The van der Waals surface area contributed by atoms with Gasteiger partial charge in [-0.05, 0) is 24.4 Å². The summed E-state index contributed by atoms with van der Waals surface area (Å²) in [4.78, 5) is 9.85. The van der Waals surface area contributed by atoms with Crippen molar-refractivity contribution in [3.05, 3.63) is 27.7 Å². The van der Waals surface area contributed by atoms with Gasteiger partial charge in [-0.15, -0.1) is 0 Å². The van der Waals surface area contributed by atoms with Crippen molar-refractivity contribution in [2.24, 2.45) is 0 Å². The second kappa shape index (κ2) is 2.76. The van der Waals surface area contributed by atoms with E-state index in [0.717, 1.165) is 11.0 Å². The molecule has 2 heterocycles. The first kappa shape index (κ1) is 7.57. The fourth-order valence-corrected chi connectivity index (χ4v) is 1.53. The van der Waals surface area contributed by atoms with Crippen LogP contribution in [0.15, 0.2) is 18.3 Å². The van der Waals surface area contributed by atoms with Gasteiger partial charge in [0.05, 0.1) is 5.39 Å². The van der Waals surface area contributed by atoms with Crippen LogP contribution in [0.3, 0.4) is 0 Å². The third kappa shape index (κ3) is 1.17. The smallest absolute Gasteiger partial charge is 0.177 e. The zero-order chi connectivity index (χ0) is 8.55. The molecule has 0 unspecified atom stereocenters. The van der Waals surface area contributed by atoms with Crippen molar-refractivity contribution in [3.8, 4) is 0 Å². The van der Waals surface area contributed by atoms with Gasteiger partial charge < -0.3 is 9.97 Å². The second-order valence-corrected chi connectivity index (χ2v) is 3.12. The van der Waals surface area contributed by atoms with Crippen molar-refractivity contribution in [2.75, 3.05) is 0 Å². The largest absolute Gasteiger partial charge is 0.323 e. The van der Waals surface area contributed by atoms with E-state index in [-0.39, 0.29) is 0 Å². The summed E-state index contributed by atoms with van der Waals surface area (Å²) in [5.74, 6) is 0. The Balaban J connectivity index is 3.09. The lowest BCUT2D eigenvalue weighted by Crippen LogP contribution is -1.87. The summed E-state index contributed by atoms with van der Waals surface area (Å²) in [5.41, 5.74) is 0.728. The average Bonchev–Trinajstić information content (AvgIpc) is 2.04. The van der Waals surface area contributed by atoms with E-state index in [1.165, 1.54) is 0 Å². The van der Waals surface area contributed by atoms with Crippen LogP contribution in [0.5, 0.6) is 0 Å². The number of hydrogen-bond acceptors (Lipinski definition) is 3. The van der Waals surface area contributed by atoms with Crippen LogP contribution in [0.4, 0.5) is 0 Å². The van der Waals surface area contributed by atoms with Gasteiger partial charge in [0.1, 0.15) is 10.3 Å². The molecule has 12 heavy (non-hydrogen) atoms. The first-order chi connectivity index (χ1) is 5.77. The molecule has 0 aliphatic carbocycles. The lowest BCUT2D eigenvalue weighted by molar-refractivity contribution is 1.14. The molecule has 0 bridgehead atoms. The monoisotopic (exact) mass is 195 g/mol. The molecule has 2 rings (SSSR count). The van der Waals surface area contributed by atoms with Crippen molar-refractivity contribution in [3.63, 3.8) is 0 Å². The molecule has 2 aromatic rings. The van der Waals surface area contributed by atoms with Gasteiger partial charge in [-0.3, -0.25) is 0 Å². The maximum atomic E-state index is 5.06. The molecular weight excluding hydrogens is 190 g/mol. The summed E-state index contributed by atoms with van der Waals surface area (Å²) in [7, 11) is 0. The zero-order valence-corrected chi connectivity index (χ0v) is 7.63. The van der Waals surface area contributed by atoms with Gasteiger partial charge in [-0.2, -0.15) is 0 Å². The summed E-state index contributed by atoms with van der Waals surface area (Å²) in [6.45, 7) is 0. The van der Waals surface area contributed by atoms with E-state index in [9.17, 15) is 0 Å². The van der Waals surface area contributed by atoms with Crippen LogP contribution >= 0.6 is 24.4 Å². The van der Waals surface area contributed by atoms with Crippen LogP contribution in [0, 0.1) is 9.41 Å². The lowest BCUT2D eigenvalue weighted by Gasteiger charge is -1.95. The third-order valence-electron chi connectivity index (χ3n) is 1.51. The predicted octanol–water partition coefficient (Wildman–Crippen LogP) is 2.35. The Labute approximate surface area is 78.5 Å². The molecule has 0 saturated heterocycles. The highest BCUT2D eigenvalue weighted by molar-refractivity contribution is 7.72. The summed E-state index contributed by atoms with van der Waals surface area (Å²) in [6, 6.07) is 3.73. The molecule has 2 N–H and O–H groups in total. The zero-order valence-electron chi connectivity index (χ0n) is 6.00. The normalized spacial score (nSPS) is 10.3. The molecule has 0 fully saturated rings. The number of rotatable bonds is 0. The molecule has 0 spiro atoms. The predicted molar refractivity (Wildman–Crippen MR) is 52.1 cm³/mol. The van der Waals surface area contributed by atoms with E-state index in [1.807, 2.05) is 12.1 Å².